The van der Waals surface area contributed by atoms with Crippen LogP contribution in [0.25, 0.3) is 0 Å². The van der Waals surface area contributed by atoms with Crippen LogP contribution in [-0.2, 0) is 0 Å². The molecule has 2 aromatic heterocycles. The minimum absolute atomic E-state index is 0.117. The number of rotatable bonds is 3. The summed E-state index contributed by atoms with van der Waals surface area (Å²) < 4.78 is 0. The summed E-state index contributed by atoms with van der Waals surface area (Å²) in [6, 6.07) is 5.24. The smallest absolute Gasteiger partial charge is 0.260 e. The van der Waals surface area contributed by atoms with Crippen molar-refractivity contribution < 1.29 is 4.79 Å². The molecule has 0 saturated carbocycles. The molecule has 1 amide bonds. The molecule has 0 aliphatic heterocycles. The van der Waals surface area contributed by atoms with E-state index in [4.69, 9.17) is 0 Å². The minimum Gasteiger partial charge on any atom is -0.345 e. The van der Waals surface area contributed by atoms with Crippen molar-refractivity contribution in [1.29, 1.82) is 0 Å². The molecule has 2 rings (SSSR count). The van der Waals surface area contributed by atoms with Crippen molar-refractivity contribution >= 4 is 17.2 Å². The highest BCUT2D eigenvalue weighted by Crippen LogP contribution is 2.26. The van der Waals surface area contributed by atoms with Crippen molar-refractivity contribution in [2.45, 2.75) is 33.7 Å². The van der Waals surface area contributed by atoms with E-state index in [-0.39, 0.29) is 23.1 Å². The maximum absolute atomic E-state index is 12.2. The van der Waals surface area contributed by atoms with Gasteiger partial charge in [0.1, 0.15) is 5.56 Å². The average molecular weight is 290 g/mol. The lowest BCUT2D eigenvalue weighted by Gasteiger charge is -2.13. The molecule has 0 radical (unpaired) electrons. The molecule has 0 unspecified atom stereocenters. The van der Waals surface area contributed by atoms with Crippen LogP contribution >= 0.6 is 11.3 Å². The summed E-state index contributed by atoms with van der Waals surface area (Å²) in [5, 5.41) is 2.87. The third kappa shape index (κ3) is 2.99. The van der Waals surface area contributed by atoms with E-state index in [1.54, 1.807) is 30.4 Å². The van der Waals surface area contributed by atoms with Gasteiger partial charge in [-0.25, -0.2) is 0 Å². The largest absolute Gasteiger partial charge is 0.345 e. The minimum atomic E-state index is -0.354. The first kappa shape index (κ1) is 14.5. The number of pyridine rings is 1. The number of aromatic nitrogens is 1. The van der Waals surface area contributed by atoms with Crippen molar-refractivity contribution in [2.24, 2.45) is 0 Å². The van der Waals surface area contributed by atoms with Crippen LogP contribution in [0.2, 0.25) is 0 Å². The zero-order valence-electron chi connectivity index (χ0n) is 12.0. The van der Waals surface area contributed by atoms with Gasteiger partial charge >= 0.3 is 0 Å². The molecule has 2 N–H and O–H groups in total. The van der Waals surface area contributed by atoms with Crippen molar-refractivity contribution in [3.05, 3.63) is 55.1 Å². The number of hydrogen-bond acceptors (Lipinski definition) is 3. The second-order valence-corrected chi connectivity index (χ2v) is 6.41. The number of amides is 1. The third-order valence-electron chi connectivity index (χ3n) is 3.19. The number of nitrogens with one attached hydrogen (secondary N) is 2. The Morgan fingerprint density at radius 2 is 2.00 bits per heavy atom. The lowest BCUT2D eigenvalue weighted by atomic mass is 10.1. The molecule has 106 valence electrons. The van der Waals surface area contributed by atoms with Crippen LogP contribution < -0.4 is 10.9 Å². The summed E-state index contributed by atoms with van der Waals surface area (Å²) in [6.07, 6.45) is 0. The monoisotopic (exact) mass is 290 g/mol. The van der Waals surface area contributed by atoms with Crippen LogP contribution in [0.3, 0.4) is 0 Å². The first-order chi connectivity index (χ1) is 9.38. The van der Waals surface area contributed by atoms with Gasteiger partial charge in [0.15, 0.2) is 0 Å². The number of aromatic amines is 1. The average Bonchev–Trinajstić information content (AvgIpc) is 2.68. The van der Waals surface area contributed by atoms with E-state index in [1.165, 1.54) is 9.75 Å². The SMILES string of the molecule is Cc1ccc(C(=O)N[C@@H](C)c2cc(C)sc2C)c(=O)[nH]1. The molecule has 0 fully saturated rings. The standard InChI is InChI=1S/C15H18N2O2S/c1-8-5-6-12(14(18)16-8)15(19)17-10(3)13-7-9(2)20-11(13)4/h5-7,10H,1-4H3,(H,16,18)(H,17,19)/t10-/m0/s1. The molecule has 0 saturated heterocycles. The van der Waals surface area contributed by atoms with E-state index < -0.39 is 0 Å². The fourth-order valence-corrected chi connectivity index (χ4v) is 3.21. The van der Waals surface area contributed by atoms with Gasteiger partial charge in [0.05, 0.1) is 6.04 Å². The summed E-state index contributed by atoms with van der Waals surface area (Å²) in [4.78, 5) is 28.9. The predicted molar refractivity (Wildman–Crippen MR) is 81.5 cm³/mol. The van der Waals surface area contributed by atoms with Gasteiger partial charge in [0.2, 0.25) is 0 Å². The summed E-state index contributed by atoms with van der Waals surface area (Å²) in [5.41, 5.74) is 1.63. The van der Waals surface area contributed by atoms with Gasteiger partial charge in [-0.2, -0.15) is 0 Å². The molecule has 0 aliphatic rings. The molecule has 5 heteroatoms. The highest BCUT2D eigenvalue weighted by molar-refractivity contribution is 7.12. The van der Waals surface area contributed by atoms with Gasteiger partial charge < -0.3 is 10.3 Å². The third-order valence-corrected chi connectivity index (χ3v) is 4.18. The Morgan fingerprint density at radius 3 is 2.55 bits per heavy atom. The highest BCUT2D eigenvalue weighted by atomic mass is 32.1. The van der Waals surface area contributed by atoms with Crippen molar-refractivity contribution in [3.8, 4) is 0 Å². The van der Waals surface area contributed by atoms with Gasteiger partial charge in [-0.1, -0.05) is 0 Å². The molecule has 0 aliphatic carbocycles. The summed E-state index contributed by atoms with van der Waals surface area (Å²) in [7, 11) is 0. The number of hydrogen-bond donors (Lipinski definition) is 2. The van der Waals surface area contributed by atoms with Crippen LogP contribution in [0.5, 0.6) is 0 Å². The molecule has 4 nitrogen and oxygen atoms in total. The molecule has 2 aromatic rings. The Kier molecular flexibility index (Phi) is 4.09. The Bertz CT molecular complexity index is 700. The van der Waals surface area contributed by atoms with Gasteiger partial charge in [0, 0.05) is 15.4 Å². The Hall–Kier alpha value is -1.88. The normalized spacial score (nSPS) is 12.2. The molecule has 1 atom stereocenters. The summed E-state index contributed by atoms with van der Waals surface area (Å²) in [5.74, 6) is -0.345. The van der Waals surface area contributed by atoms with Crippen LogP contribution in [0.15, 0.2) is 23.0 Å². The van der Waals surface area contributed by atoms with Crippen LogP contribution in [-0.4, -0.2) is 10.9 Å². The molecular weight excluding hydrogens is 272 g/mol. The number of carbonyl (C=O) groups excluding carboxylic acids is 1. The zero-order chi connectivity index (χ0) is 14.9. The fourth-order valence-electron chi connectivity index (χ4n) is 2.18. The van der Waals surface area contributed by atoms with E-state index in [0.717, 1.165) is 11.3 Å². The maximum Gasteiger partial charge on any atom is 0.260 e. The van der Waals surface area contributed by atoms with Gasteiger partial charge in [0.25, 0.3) is 11.5 Å². The summed E-state index contributed by atoms with van der Waals surface area (Å²) >= 11 is 1.71. The number of aryl methyl sites for hydroxylation is 3. The number of thiophene rings is 1. The Labute approximate surface area is 121 Å². The fraction of sp³-hybridized carbons (Fsp3) is 0.333. The topological polar surface area (TPSA) is 62.0 Å². The zero-order valence-corrected chi connectivity index (χ0v) is 12.9. The molecule has 0 bridgehead atoms. The Balaban J connectivity index is 2.19. The van der Waals surface area contributed by atoms with E-state index in [2.05, 4.69) is 16.4 Å². The van der Waals surface area contributed by atoms with Crippen LogP contribution in [0.4, 0.5) is 0 Å². The lowest BCUT2D eigenvalue weighted by molar-refractivity contribution is 0.0938. The van der Waals surface area contributed by atoms with Crippen molar-refractivity contribution in [2.75, 3.05) is 0 Å². The second kappa shape index (κ2) is 5.63. The molecular formula is C15H18N2O2S. The van der Waals surface area contributed by atoms with E-state index in [9.17, 15) is 9.59 Å². The Morgan fingerprint density at radius 1 is 1.30 bits per heavy atom. The first-order valence-electron chi connectivity index (χ1n) is 6.46. The number of H-pyrrole nitrogens is 1. The maximum atomic E-state index is 12.2. The predicted octanol–water partition coefficient (Wildman–Crippen LogP) is 2.85. The van der Waals surface area contributed by atoms with Crippen LogP contribution in [0, 0.1) is 20.8 Å². The van der Waals surface area contributed by atoms with E-state index in [0.29, 0.717) is 0 Å². The molecule has 2 heterocycles. The highest BCUT2D eigenvalue weighted by Gasteiger charge is 2.16. The molecule has 0 spiro atoms. The van der Waals surface area contributed by atoms with Gasteiger partial charge in [-0.3, -0.25) is 9.59 Å². The number of carbonyl (C=O) groups is 1. The summed E-state index contributed by atoms with van der Waals surface area (Å²) in [6.45, 7) is 7.78. The quantitative estimate of drug-likeness (QED) is 0.913. The molecule has 0 aromatic carbocycles. The molecule has 20 heavy (non-hydrogen) atoms. The second-order valence-electron chi connectivity index (χ2n) is 4.95. The van der Waals surface area contributed by atoms with Crippen molar-refractivity contribution in [3.63, 3.8) is 0 Å². The van der Waals surface area contributed by atoms with Gasteiger partial charge in [-0.15, -0.1) is 11.3 Å². The van der Waals surface area contributed by atoms with Crippen molar-refractivity contribution in [1.82, 2.24) is 10.3 Å². The van der Waals surface area contributed by atoms with E-state index >= 15 is 0 Å². The van der Waals surface area contributed by atoms with E-state index in [1.807, 2.05) is 20.8 Å². The van der Waals surface area contributed by atoms with Crippen LogP contribution in [0.1, 0.15) is 44.3 Å². The lowest BCUT2D eigenvalue weighted by Crippen LogP contribution is -2.31. The first-order valence-corrected chi connectivity index (χ1v) is 7.28. The van der Waals surface area contributed by atoms with Gasteiger partial charge in [-0.05, 0) is 51.5 Å².